The Balaban J connectivity index is 0.00000338. The molecule has 0 radical (unpaired) electrons. The lowest BCUT2D eigenvalue weighted by Crippen LogP contribution is -2.37. The number of nitrogens with one attached hydrogen (secondary N) is 2. The molecule has 9 heteroatoms. The number of rotatable bonds is 7. The molecular weight excluding hydrogens is 460 g/mol. The van der Waals surface area contributed by atoms with E-state index in [0.29, 0.717) is 19.0 Å². The van der Waals surface area contributed by atoms with Gasteiger partial charge in [0.15, 0.2) is 5.96 Å². The first-order valence-corrected chi connectivity index (χ1v) is 7.84. The quantitative estimate of drug-likeness (QED) is 0.360. The predicted octanol–water partition coefficient (Wildman–Crippen LogP) is 3.64. The number of hydrogen-bond donors (Lipinski definition) is 2. The summed E-state index contributed by atoms with van der Waals surface area (Å²) in [6.45, 7) is -0.101. The molecule has 0 aliphatic carbocycles. The maximum atomic E-state index is 14.0. The maximum Gasteiger partial charge on any atom is 0.387 e. The number of ether oxygens (including phenoxy) is 1. The summed E-state index contributed by atoms with van der Waals surface area (Å²) in [6.07, 6.45) is 3.86. The van der Waals surface area contributed by atoms with Gasteiger partial charge >= 0.3 is 6.61 Å². The molecule has 0 amide bonds. The Hall–Kier alpha value is -1.91. The minimum absolute atomic E-state index is 0. The zero-order valence-electron chi connectivity index (χ0n) is 14.5. The van der Waals surface area contributed by atoms with Gasteiger partial charge in [0.25, 0.3) is 0 Å². The van der Waals surface area contributed by atoms with Crippen LogP contribution in [-0.2, 0) is 20.1 Å². The molecule has 0 aliphatic heterocycles. The molecular formula is C17H22F3IN4O. The smallest absolute Gasteiger partial charge is 0.387 e. The van der Waals surface area contributed by atoms with Crippen molar-refractivity contribution >= 4 is 29.9 Å². The van der Waals surface area contributed by atoms with E-state index in [0.717, 1.165) is 5.56 Å². The van der Waals surface area contributed by atoms with Crippen LogP contribution < -0.4 is 15.4 Å². The maximum absolute atomic E-state index is 14.0. The van der Waals surface area contributed by atoms with Gasteiger partial charge in [0, 0.05) is 38.1 Å². The van der Waals surface area contributed by atoms with Gasteiger partial charge in [-0.05, 0) is 30.7 Å². The molecule has 1 aromatic heterocycles. The van der Waals surface area contributed by atoms with E-state index < -0.39 is 12.4 Å². The number of aromatic nitrogens is 1. The van der Waals surface area contributed by atoms with Gasteiger partial charge in [-0.25, -0.2) is 9.38 Å². The highest BCUT2D eigenvalue weighted by Gasteiger charge is 2.14. The van der Waals surface area contributed by atoms with Gasteiger partial charge in [-0.1, -0.05) is 6.07 Å². The minimum Gasteiger partial charge on any atom is -0.434 e. The Labute approximate surface area is 167 Å². The van der Waals surface area contributed by atoms with Crippen LogP contribution in [0, 0.1) is 5.82 Å². The number of benzene rings is 1. The van der Waals surface area contributed by atoms with Gasteiger partial charge in [-0.3, -0.25) is 0 Å². The van der Waals surface area contributed by atoms with Crippen molar-refractivity contribution in [3.05, 3.63) is 53.6 Å². The van der Waals surface area contributed by atoms with E-state index in [-0.39, 0.29) is 41.8 Å². The zero-order chi connectivity index (χ0) is 18.2. The molecule has 0 unspecified atom stereocenters. The fraction of sp³-hybridized carbons (Fsp3) is 0.353. The number of halogens is 4. The van der Waals surface area contributed by atoms with E-state index in [9.17, 15) is 13.2 Å². The molecule has 0 bridgehead atoms. The lowest BCUT2D eigenvalue weighted by molar-refractivity contribution is -0.0506. The van der Waals surface area contributed by atoms with Gasteiger partial charge in [0.1, 0.15) is 11.6 Å². The van der Waals surface area contributed by atoms with Crippen LogP contribution in [0.4, 0.5) is 13.2 Å². The molecule has 2 rings (SSSR count). The lowest BCUT2D eigenvalue weighted by atomic mass is 10.2. The fourth-order valence-electron chi connectivity index (χ4n) is 2.26. The topological polar surface area (TPSA) is 50.6 Å². The summed E-state index contributed by atoms with van der Waals surface area (Å²) in [5.41, 5.74) is 1.04. The van der Waals surface area contributed by atoms with Crippen molar-refractivity contribution in [2.75, 3.05) is 6.54 Å². The monoisotopic (exact) mass is 482 g/mol. The van der Waals surface area contributed by atoms with Crippen LogP contribution in [0.25, 0.3) is 0 Å². The molecule has 1 aromatic carbocycles. The second-order valence-electron chi connectivity index (χ2n) is 5.33. The summed E-state index contributed by atoms with van der Waals surface area (Å²) in [4.78, 5) is 4.40. The van der Waals surface area contributed by atoms with Crippen LogP contribution in [0.15, 0.2) is 41.7 Å². The van der Waals surface area contributed by atoms with Crippen molar-refractivity contribution in [3.63, 3.8) is 0 Å². The number of aryl methyl sites for hydroxylation is 1. The Kier molecular flexibility index (Phi) is 9.31. The molecule has 0 spiro atoms. The number of hydrogen-bond acceptors (Lipinski definition) is 2. The van der Waals surface area contributed by atoms with Crippen LogP contribution >= 0.6 is 24.0 Å². The highest BCUT2D eigenvalue weighted by Crippen LogP contribution is 2.23. The molecule has 1 heterocycles. The third-order valence-electron chi connectivity index (χ3n) is 3.38. The highest BCUT2D eigenvalue weighted by molar-refractivity contribution is 14.0. The Bertz CT molecular complexity index is 722. The van der Waals surface area contributed by atoms with Gasteiger partial charge < -0.3 is 19.9 Å². The Morgan fingerprint density at radius 3 is 2.65 bits per heavy atom. The zero-order valence-corrected chi connectivity index (χ0v) is 16.8. The Morgan fingerprint density at radius 2 is 2.04 bits per heavy atom. The fourth-order valence-corrected chi connectivity index (χ4v) is 2.26. The van der Waals surface area contributed by atoms with E-state index in [1.165, 1.54) is 18.2 Å². The summed E-state index contributed by atoms with van der Waals surface area (Å²) < 4.78 is 45.2. The third kappa shape index (κ3) is 6.77. The first-order chi connectivity index (χ1) is 12.0. The second kappa shape index (κ2) is 10.9. The third-order valence-corrected chi connectivity index (χ3v) is 3.38. The molecule has 0 saturated heterocycles. The Morgan fingerprint density at radius 1 is 1.27 bits per heavy atom. The van der Waals surface area contributed by atoms with E-state index in [2.05, 4.69) is 20.4 Å². The van der Waals surface area contributed by atoms with E-state index in [1.54, 1.807) is 0 Å². The van der Waals surface area contributed by atoms with Crippen LogP contribution in [0.1, 0.15) is 18.1 Å². The van der Waals surface area contributed by atoms with Crippen LogP contribution in [-0.4, -0.2) is 23.7 Å². The standard InChI is InChI=1S/C17H21F3N4O.HI/c1-3-21-17(22-9-12-7-8-24(2)11-12)23-10-13-14(18)5-4-6-15(13)25-16(19)20;/h4-8,11,16H,3,9-10H2,1-2H3,(H2,21,22,23);1H. The van der Waals surface area contributed by atoms with Crippen molar-refractivity contribution in [2.45, 2.75) is 26.6 Å². The summed E-state index contributed by atoms with van der Waals surface area (Å²) in [5.74, 6) is -0.358. The van der Waals surface area contributed by atoms with Crippen LogP contribution in [0.3, 0.4) is 0 Å². The molecule has 5 nitrogen and oxygen atoms in total. The average molecular weight is 482 g/mol. The number of alkyl halides is 2. The van der Waals surface area contributed by atoms with Gasteiger partial charge in [-0.2, -0.15) is 8.78 Å². The molecule has 2 aromatic rings. The summed E-state index contributed by atoms with van der Waals surface area (Å²) in [5, 5.41) is 5.97. The van der Waals surface area contributed by atoms with Crippen molar-refractivity contribution in [1.82, 2.24) is 15.2 Å². The first kappa shape index (κ1) is 22.1. The molecule has 0 aliphatic rings. The van der Waals surface area contributed by atoms with Crippen molar-refractivity contribution in [3.8, 4) is 5.75 Å². The number of guanidine groups is 1. The van der Waals surface area contributed by atoms with Gasteiger partial charge in [0.2, 0.25) is 0 Å². The van der Waals surface area contributed by atoms with Crippen molar-refractivity contribution in [2.24, 2.45) is 12.0 Å². The summed E-state index contributed by atoms with van der Waals surface area (Å²) in [7, 11) is 1.92. The van der Waals surface area contributed by atoms with Crippen molar-refractivity contribution in [1.29, 1.82) is 0 Å². The average Bonchev–Trinajstić information content (AvgIpc) is 2.97. The highest BCUT2D eigenvalue weighted by atomic mass is 127. The molecule has 0 fully saturated rings. The predicted molar refractivity (Wildman–Crippen MR) is 106 cm³/mol. The summed E-state index contributed by atoms with van der Waals surface area (Å²) in [6, 6.07) is 5.77. The van der Waals surface area contributed by atoms with E-state index in [4.69, 9.17) is 0 Å². The summed E-state index contributed by atoms with van der Waals surface area (Å²) >= 11 is 0. The van der Waals surface area contributed by atoms with Crippen molar-refractivity contribution < 1.29 is 17.9 Å². The minimum atomic E-state index is -3.01. The molecule has 26 heavy (non-hydrogen) atoms. The number of aliphatic imine (C=N–C) groups is 1. The van der Waals surface area contributed by atoms with E-state index in [1.807, 2.05) is 37.0 Å². The van der Waals surface area contributed by atoms with Crippen LogP contribution in [0.2, 0.25) is 0 Å². The van der Waals surface area contributed by atoms with Gasteiger partial charge in [-0.15, -0.1) is 24.0 Å². The van der Waals surface area contributed by atoms with Gasteiger partial charge in [0.05, 0.1) is 6.54 Å². The molecule has 0 saturated carbocycles. The SMILES string of the molecule is CCNC(=NCc1ccn(C)c1)NCc1c(F)cccc1OC(F)F.I. The molecule has 144 valence electrons. The van der Waals surface area contributed by atoms with E-state index >= 15 is 0 Å². The largest absolute Gasteiger partial charge is 0.434 e. The molecule has 2 N–H and O–H groups in total. The lowest BCUT2D eigenvalue weighted by Gasteiger charge is -2.15. The van der Waals surface area contributed by atoms with Crippen LogP contribution in [0.5, 0.6) is 5.75 Å². The molecule has 0 atom stereocenters. The number of nitrogens with zero attached hydrogens (tertiary/aromatic N) is 2. The first-order valence-electron chi connectivity index (χ1n) is 7.84. The second-order valence-corrected chi connectivity index (χ2v) is 5.33. The normalized spacial score (nSPS) is 11.2.